The lowest BCUT2D eigenvalue weighted by molar-refractivity contribution is 0.0700. The molecule has 2 aromatic heterocycles. The molecule has 8 nitrogen and oxygen atoms in total. The highest BCUT2D eigenvalue weighted by molar-refractivity contribution is 9.26. The molecule has 6 aromatic rings. The smallest absolute Gasteiger partial charge is 0.374 e. The Kier molecular flexibility index (Phi) is 19.4. The predicted molar refractivity (Wildman–Crippen MR) is 265 cm³/mol. The molecular weight excluding hydrogens is 901 g/mol. The second-order valence-corrected chi connectivity index (χ2v) is 26.8. The maximum atomic E-state index is 6.20. The molecule has 60 heavy (non-hydrogen) atoms. The fourth-order valence-corrected chi connectivity index (χ4v) is 20.6. The third-order valence-electron chi connectivity index (χ3n) is 9.56. The molecule has 0 bridgehead atoms. The van der Waals surface area contributed by atoms with Crippen LogP contribution in [0.15, 0.2) is 94.7 Å². The quantitative estimate of drug-likeness (QED) is 0.0280. The zero-order chi connectivity index (χ0) is 42.2. The SMILES string of the molecule is CCO[Si](CCCc1cccc(SSSSc2cccc(CCC[Si](OCC)(OCC)OCC)c2-c2nc3ccccc3s2)c1-c1nc2ccccc2s1)(OCC)OCC. The number of hydrogen-bond acceptors (Lipinski definition) is 14. The molecule has 6 rings (SSSR count). The highest BCUT2D eigenvalue weighted by atomic mass is 33.7. The Labute approximate surface area is 381 Å². The average Bonchev–Trinajstić information content (AvgIpc) is 3.88. The number of aromatic nitrogens is 2. The van der Waals surface area contributed by atoms with Gasteiger partial charge in [0.25, 0.3) is 0 Å². The summed E-state index contributed by atoms with van der Waals surface area (Å²) in [5.41, 5.74) is 7.03. The number of fused-ring (bicyclic) bond motifs is 2. The van der Waals surface area contributed by atoms with Gasteiger partial charge >= 0.3 is 17.6 Å². The van der Waals surface area contributed by atoms with E-state index in [0.29, 0.717) is 39.6 Å². The van der Waals surface area contributed by atoms with Crippen LogP contribution in [0.3, 0.4) is 0 Å². The van der Waals surface area contributed by atoms with Crippen molar-refractivity contribution in [2.45, 2.75) is 89.1 Å². The van der Waals surface area contributed by atoms with Gasteiger partial charge in [0.15, 0.2) is 0 Å². The molecule has 0 saturated carbocycles. The molecule has 0 radical (unpaired) electrons. The molecule has 0 aliphatic carbocycles. The molecule has 0 aliphatic rings. The number of rotatable bonds is 27. The van der Waals surface area contributed by atoms with Crippen LogP contribution in [-0.2, 0) is 39.4 Å². The van der Waals surface area contributed by atoms with E-state index in [2.05, 4.69) is 84.9 Å². The first-order valence-corrected chi connectivity index (χ1v) is 31.2. The Balaban J connectivity index is 1.23. The third kappa shape index (κ3) is 12.5. The van der Waals surface area contributed by atoms with E-state index in [1.807, 2.05) is 41.5 Å². The normalized spacial score (nSPS) is 12.3. The topological polar surface area (TPSA) is 81.2 Å². The Bertz CT molecular complexity index is 1990. The summed E-state index contributed by atoms with van der Waals surface area (Å²) < 4.78 is 39.6. The fourth-order valence-electron chi connectivity index (χ4n) is 7.25. The first-order chi connectivity index (χ1) is 29.4. The molecule has 0 unspecified atom stereocenters. The molecule has 4 aromatic carbocycles. The summed E-state index contributed by atoms with van der Waals surface area (Å²) in [5, 5.41) is 2.10. The summed E-state index contributed by atoms with van der Waals surface area (Å²) in [6, 6.07) is 31.7. The molecule has 2 heterocycles. The lowest BCUT2D eigenvalue weighted by atomic mass is 10.0. The van der Waals surface area contributed by atoms with Gasteiger partial charge in [-0.3, -0.25) is 0 Å². The zero-order valence-corrected chi connectivity index (χ0v) is 42.3. The van der Waals surface area contributed by atoms with Crippen LogP contribution >= 0.6 is 63.9 Å². The Morgan fingerprint density at radius 1 is 0.467 bits per heavy atom. The van der Waals surface area contributed by atoms with Crippen LogP contribution in [0, 0.1) is 0 Å². The molecule has 0 atom stereocenters. The average molecular weight is 958 g/mol. The first kappa shape index (κ1) is 47.7. The van der Waals surface area contributed by atoms with E-state index in [4.69, 9.17) is 36.5 Å². The van der Waals surface area contributed by atoms with Gasteiger partial charge in [-0.1, -0.05) is 48.5 Å². The van der Waals surface area contributed by atoms with Gasteiger partial charge in [0, 0.05) is 72.6 Å². The van der Waals surface area contributed by atoms with Gasteiger partial charge in [-0.25, -0.2) is 9.97 Å². The van der Waals surface area contributed by atoms with Gasteiger partial charge in [0.1, 0.15) is 10.0 Å². The molecule has 0 amide bonds. The molecular formula is C44H56N2O6S6Si2. The van der Waals surface area contributed by atoms with Crippen molar-refractivity contribution in [1.82, 2.24) is 9.97 Å². The number of hydrogen-bond donors (Lipinski definition) is 0. The fraction of sp³-hybridized carbons (Fsp3) is 0.409. The summed E-state index contributed by atoms with van der Waals surface area (Å²) in [6.07, 6.45) is 3.53. The Morgan fingerprint density at radius 2 is 0.833 bits per heavy atom. The van der Waals surface area contributed by atoms with E-state index < -0.39 is 17.6 Å². The van der Waals surface area contributed by atoms with E-state index in [-0.39, 0.29) is 0 Å². The highest BCUT2D eigenvalue weighted by Gasteiger charge is 2.40. The van der Waals surface area contributed by atoms with Crippen LogP contribution in [-0.4, -0.2) is 67.2 Å². The minimum Gasteiger partial charge on any atom is -0.374 e. The summed E-state index contributed by atoms with van der Waals surface area (Å²) in [6.45, 7) is 15.6. The summed E-state index contributed by atoms with van der Waals surface area (Å²) in [5.74, 6) is 0. The van der Waals surface area contributed by atoms with Crippen LogP contribution < -0.4 is 0 Å². The standard InChI is InChI=1S/C44H56N2O6S6Si2/c1-7-47-59(48-8-2,49-9-3)31-19-23-33-21-17-29-39(41(33)43-45-35-25-13-15-27-37(35)53-43)55-57-58-56-40-30-18-22-34(24-20-32-60(50-10-4,51-11-5)52-12-6)42(40)44-46-36-26-14-16-28-38(36)54-44/h13-18,21-22,25-30H,7-12,19-20,23-24,31-32H2,1-6H3. The van der Waals surface area contributed by atoms with Gasteiger partial charge in [0.05, 0.1) is 20.4 Å². The molecule has 16 heteroatoms. The Hall–Kier alpha value is -1.75. The second kappa shape index (κ2) is 24.4. The third-order valence-corrected chi connectivity index (χ3v) is 24.1. The van der Waals surface area contributed by atoms with Crippen LogP contribution in [0.4, 0.5) is 0 Å². The minimum atomic E-state index is -2.76. The van der Waals surface area contributed by atoms with Gasteiger partial charge < -0.3 is 26.6 Å². The van der Waals surface area contributed by atoms with Crippen LogP contribution in [0.25, 0.3) is 41.6 Å². The maximum Gasteiger partial charge on any atom is 0.500 e. The molecule has 0 saturated heterocycles. The maximum absolute atomic E-state index is 6.20. The molecule has 0 fully saturated rings. The Morgan fingerprint density at radius 3 is 1.18 bits per heavy atom. The lowest BCUT2D eigenvalue weighted by Crippen LogP contribution is -2.46. The number of thiazole rings is 2. The van der Waals surface area contributed by atoms with Gasteiger partial charge in [0.2, 0.25) is 0 Å². The van der Waals surface area contributed by atoms with Crippen molar-refractivity contribution in [3.05, 3.63) is 96.1 Å². The summed E-state index contributed by atoms with van der Waals surface area (Å²) in [4.78, 5) is 12.7. The van der Waals surface area contributed by atoms with Gasteiger partial charge in [-0.2, -0.15) is 0 Å². The van der Waals surface area contributed by atoms with Crippen molar-refractivity contribution >= 4 is 102 Å². The number of nitrogens with zero attached hydrogens (tertiary/aromatic N) is 2. The van der Waals surface area contributed by atoms with Crippen LogP contribution in [0.1, 0.15) is 65.5 Å². The largest absolute Gasteiger partial charge is 0.500 e. The summed E-state index contributed by atoms with van der Waals surface area (Å²) in [7, 11) is 1.64. The van der Waals surface area contributed by atoms with Crippen LogP contribution in [0.2, 0.25) is 12.1 Å². The number of aryl methyl sites for hydroxylation is 2. The first-order valence-electron chi connectivity index (χ1n) is 20.9. The lowest BCUT2D eigenvalue weighted by Gasteiger charge is -2.28. The molecule has 0 spiro atoms. The van der Waals surface area contributed by atoms with Gasteiger partial charge in [-0.05, 0) is 156 Å². The van der Waals surface area contributed by atoms with Crippen molar-refractivity contribution < 1.29 is 26.6 Å². The van der Waals surface area contributed by atoms with Crippen molar-refractivity contribution in [2.24, 2.45) is 0 Å². The van der Waals surface area contributed by atoms with Crippen molar-refractivity contribution in [2.75, 3.05) is 39.6 Å². The van der Waals surface area contributed by atoms with E-state index in [1.165, 1.54) is 41.4 Å². The monoisotopic (exact) mass is 956 g/mol. The number of benzene rings is 4. The van der Waals surface area contributed by atoms with Crippen molar-refractivity contribution in [3.8, 4) is 21.1 Å². The predicted octanol–water partition coefficient (Wildman–Crippen LogP) is 14.3. The van der Waals surface area contributed by atoms with E-state index in [0.717, 1.165) is 58.8 Å². The highest BCUT2D eigenvalue weighted by Crippen LogP contribution is 2.54. The van der Waals surface area contributed by atoms with Crippen molar-refractivity contribution in [1.29, 1.82) is 0 Å². The molecule has 0 N–H and O–H groups in total. The minimum absolute atomic E-state index is 0.577. The van der Waals surface area contributed by atoms with E-state index >= 15 is 0 Å². The molecule has 322 valence electrons. The number of para-hydroxylation sites is 2. The van der Waals surface area contributed by atoms with E-state index in [9.17, 15) is 0 Å². The van der Waals surface area contributed by atoms with Crippen LogP contribution in [0.5, 0.6) is 0 Å². The summed E-state index contributed by atoms with van der Waals surface area (Å²) >= 11 is 3.52. The van der Waals surface area contributed by atoms with Crippen molar-refractivity contribution in [3.63, 3.8) is 0 Å². The molecule has 0 aliphatic heterocycles. The second-order valence-electron chi connectivity index (χ2n) is 13.5. The van der Waals surface area contributed by atoms with Gasteiger partial charge in [-0.15, -0.1) is 22.7 Å². The zero-order valence-electron chi connectivity index (χ0n) is 35.4. The van der Waals surface area contributed by atoms with E-state index in [1.54, 1.807) is 63.9 Å².